The zero-order valence-corrected chi connectivity index (χ0v) is 9.86. The van der Waals surface area contributed by atoms with Gasteiger partial charge in [-0.25, -0.2) is 5.10 Å². The highest BCUT2D eigenvalue weighted by atomic mass is 79.9. The van der Waals surface area contributed by atoms with Gasteiger partial charge in [-0.1, -0.05) is 0 Å². The molecule has 0 atom stereocenters. The molecule has 0 amide bonds. The van der Waals surface area contributed by atoms with Crippen LogP contribution in [0.1, 0.15) is 0 Å². The highest BCUT2D eigenvalue weighted by Gasteiger charge is 2.28. The number of nitrogens with one attached hydrogen (secondary N) is 2. The van der Waals surface area contributed by atoms with Gasteiger partial charge in [-0.15, -0.1) is 0 Å². The van der Waals surface area contributed by atoms with Crippen molar-refractivity contribution in [3.05, 3.63) is 21.0 Å². The maximum Gasteiger partial charge on any atom is 0.280 e. The Morgan fingerprint density at radius 1 is 1.38 bits per heavy atom. The summed E-state index contributed by atoms with van der Waals surface area (Å²) in [7, 11) is 0. The van der Waals surface area contributed by atoms with E-state index in [1.165, 1.54) is 6.20 Å². The van der Waals surface area contributed by atoms with Crippen molar-refractivity contribution in [1.82, 2.24) is 10.2 Å². The molecule has 0 aliphatic carbocycles. The van der Waals surface area contributed by atoms with Crippen molar-refractivity contribution in [3.8, 4) is 0 Å². The van der Waals surface area contributed by atoms with Gasteiger partial charge in [-0.05, 0) is 15.9 Å². The summed E-state index contributed by atoms with van der Waals surface area (Å²) in [6.07, 6.45) is 1.31. The van der Waals surface area contributed by atoms with E-state index in [2.05, 4.69) is 31.4 Å². The van der Waals surface area contributed by atoms with Crippen LogP contribution in [0.2, 0.25) is 0 Å². The van der Waals surface area contributed by atoms with Crippen LogP contribution in [0.5, 0.6) is 0 Å². The molecule has 0 aromatic carbocycles. The van der Waals surface area contributed by atoms with Gasteiger partial charge in [0.15, 0.2) is 0 Å². The maximum atomic E-state index is 11.2. The lowest BCUT2D eigenvalue weighted by atomic mass is 10.0. The van der Waals surface area contributed by atoms with Gasteiger partial charge in [0.25, 0.3) is 5.56 Å². The summed E-state index contributed by atoms with van der Waals surface area (Å²) < 4.78 is 0.183. The average Bonchev–Trinajstić information content (AvgIpc) is 2.32. The number of anilines is 1. The Morgan fingerprint density at radius 3 is 2.44 bits per heavy atom. The van der Waals surface area contributed by atoms with E-state index < -0.39 is 30.9 Å². The smallest absolute Gasteiger partial charge is 0.280 e. The van der Waals surface area contributed by atoms with Gasteiger partial charge in [0, 0.05) is 0 Å². The van der Waals surface area contributed by atoms with Gasteiger partial charge in [0.2, 0.25) is 0 Å². The minimum absolute atomic E-state index is 0.183. The molecule has 0 aliphatic rings. The second-order valence-corrected chi connectivity index (χ2v) is 4.10. The molecular formula is C8H12BrN3O4. The number of aromatic nitrogens is 2. The Bertz CT molecular complexity index is 396. The van der Waals surface area contributed by atoms with Crippen LogP contribution in [-0.2, 0) is 0 Å². The molecule has 1 aromatic rings. The van der Waals surface area contributed by atoms with E-state index in [9.17, 15) is 4.79 Å². The van der Waals surface area contributed by atoms with Crippen molar-refractivity contribution in [2.75, 3.05) is 25.1 Å². The lowest BCUT2D eigenvalue weighted by Gasteiger charge is -2.29. The Hall–Kier alpha value is -0.960. The molecule has 1 heterocycles. The molecule has 8 heteroatoms. The Morgan fingerprint density at radius 2 is 1.94 bits per heavy atom. The number of hydrogen-bond acceptors (Lipinski definition) is 6. The first-order chi connectivity index (χ1) is 7.58. The zero-order chi connectivity index (χ0) is 12.2. The summed E-state index contributed by atoms with van der Waals surface area (Å²) in [6, 6.07) is 0. The van der Waals surface area contributed by atoms with Gasteiger partial charge in [0.1, 0.15) is 10.0 Å². The Balaban J connectivity index is 3.03. The third kappa shape index (κ3) is 2.59. The van der Waals surface area contributed by atoms with Crippen LogP contribution >= 0.6 is 15.9 Å². The number of aliphatic hydroxyl groups excluding tert-OH is 3. The van der Waals surface area contributed by atoms with Gasteiger partial charge in [-0.3, -0.25) is 4.79 Å². The number of halogens is 1. The van der Waals surface area contributed by atoms with Crippen LogP contribution < -0.4 is 10.9 Å². The monoisotopic (exact) mass is 293 g/mol. The van der Waals surface area contributed by atoms with E-state index >= 15 is 0 Å². The highest BCUT2D eigenvalue weighted by molar-refractivity contribution is 9.10. The van der Waals surface area contributed by atoms with Crippen molar-refractivity contribution in [3.63, 3.8) is 0 Å². The lowest BCUT2D eigenvalue weighted by molar-refractivity contribution is 0.0833. The number of hydrogen-bond donors (Lipinski definition) is 5. The van der Waals surface area contributed by atoms with Crippen LogP contribution in [0.3, 0.4) is 0 Å². The molecule has 0 aliphatic heterocycles. The second kappa shape index (κ2) is 5.39. The highest BCUT2D eigenvalue weighted by Crippen LogP contribution is 2.20. The molecular weight excluding hydrogens is 282 g/mol. The van der Waals surface area contributed by atoms with Gasteiger partial charge >= 0.3 is 0 Å². The molecule has 7 nitrogen and oxygen atoms in total. The molecule has 1 aromatic heterocycles. The van der Waals surface area contributed by atoms with Gasteiger partial charge in [0.05, 0.1) is 31.7 Å². The van der Waals surface area contributed by atoms with Crippen LogP contribution in [0.15, 0.2) is 15.5 Å². The summed E-state index contributed by atoms with van der Waals surface area (Å²) in [5, 5.41) is 35.7. The van der Waals surface area contributed by atoms with Crippen LogP contribution in [0.25, 0.3) is 0 Å². The van der Waals surface area contributed by atoms with Crippen LogP contribution in [0, 0.1) is 0 Å². The lowest BCUT2D eigenvalue weighted by Crippen LogP contribution is -2.49. The number of aromatic amines is 1. The second-order valence-electron chi connectivity index (χ2n) is 3.31. The van der Waals surface area contributed by atoms with E-state index in [4.69, 9.17) is 15.3 Å². The summed E-state index contributed by atoms with van der Waals surface area (Å²) in [4.78, 5) is 11.2. The quantitative estimate of drug-likeness (QED) is 0.459. The molecule has 0 bridgehead atoms. The number of rotatable bonds is 5. The fourth-order valence-corrected chi connectivity index (χ4v) is 1.32. The predicted molar refractivity (Wildman–Crippen MR) is 60.2 cm³/mol. The summed E-state index contributed by atoms with van der Waals surface area (Å²) in [5.74, 6) is 0. The molecule has 0 unspecified atom stereocenters. The maximum absolute atomic E-state index is 11.2. The van der Waals surface area contributed by atoms with Gasteiger partial charge < -0.3 is 20.6 Å². The molecule has 1 rings (SSSR count). The fourth-order valence-electron chi connectivity index (χ4n) is 1.02. The van der Waals surface area contributed by atoms with Crippen molar-refractivity contribution in [1.29, 1.82) is 0 Å². The molecule has 16 heavy (non-hydrogen) atoms. The minimum Gasteiger partial charge on any atom is -0.394 e. The molecule has 0 saturated carbocycles. The van der Waals surface area contributed by atoms with Crippen molar-refractivity contribution < 1.29 is 15.3 Å². The molecule has 0 radical (unpaired) electrons. The Labute approximate surface area is 99.3 Å². The zero-order valence-electron chi connectivity index (χ0n) is 8.27. The minimum atomic E-state index is -1.29. The first-order valence-electron chi connectivity index (χ1n) is 4.42. The van der Waals surface area contributed by atoms with E-state index in [1.807, 2.05) is 0 Å². The number of aliphatic hydroxyl groups is 3. The molecule has 0 spiro atoms. The first kappa shape index (κ1) is 13.1. The summed E-state index contributed by atoms with van der Waals surface area (Å²) in [6.45, 7) is -1.46. The van der Waals surface area contributed by atoms with E-state index in [-0.39, 0.29) is 10.2 Å². The topological polar surface area (TPSA) is 118 Å². The molecule has 0 fully saturated rings. The summed E-state index contributed by atoms with van der Waals surface area (Å²) in [5.41, 5.74) is -1.47. The predicted octanol–water partition coefficient (Wildman–Crippen LogP) is -1.34. The van der Waals surface area contributed by atoms with E-state index in [0.29, 0.717) is 0 Å². The first-order valence-corrected chi connectivity index (χ1v) is 5.22. The molecule has 5 N–H and O–H groups in total. The van der Waals surface area contributed by atoms with Crippen molar-refractivity contribution in [2.45, 2.75) is 5.54 Å². The van der Waals surface area contributed by atoms with E-state index in [1.54, 1.807) is 0 Å². The third-order valence-electron chi connectivity index (χ3n) is 2.10. The SMILES string of the molecule is O=c1[nH]ncc(NC(CO)(CO)CO)c1Br. The average molecular weight is 294 g/mol. The molecule has 90 valence electrons. The van der Waals surface area contributed by atoms with Gasteiger partial charge in [-0.2, -0.15) is 5.10 Å². The normalized spacial score (nSPS) is 11.5. The number of H-pyrrole nitrogens is 1. The Kier molecular flexibility index (Phi) is 4.42. The standard InChI is InChI=1S/C8H12BrN3O4/c9-6-5(1-10-12-7(6)16)11-8(2-13,3-14)4-15/h1,13-15H,2-4H2,(H2,11,12,16). The fraction of sp³-hybridized carbons (Fsp3) is 0.500. The van der Waals surface area contributed by atoms with E-state index in [0.717, 1.165) is 0 Å². The third-order valence-corrected chi connectivity index (χ3v) is 2.89. The van der Waals surface area contributed by atoms with Crippen molar-refractivity contribution >= 4 is 21.6 Å². The van der Waals surface area contributed by atoms with Crippen LogP contribution in [0.4, 0.5) is 5.69 Å². The van der Waals surface area contributed by atoms with Crippen molar-refractivity contribution in [2.24, 2.45) is 0 Å². The molecule has 0 saturated heterocycles. The summed E-state index contributed by atoms with van der Waals surface area (Å²) >= 11 is 3.03. The van der Waals surface area contributed by atoms with Crippen LogP contribution in [-0.4, -0.2) is 50.9 Å². The number of nitrogens with zero attached hydrogens (tertiary/aromatic N) is 1. The largest absolute Gasteiger partial charge is 0.394 e.